The first-order valence-corrected chi connectivity index (χ1v) is 5.95. The van der Waals surface area contributed by atoms with Crippen molar-refractivity contribution in [3.8, 4) is 5.88 Å². The number of pyridine rings is 1. The Bertz CT molecular complexity index is 621. The molecular formula is C15H14N2O. The number of aliphatic imine (C=N–C) groups is 1. The van der Waals surface area contributed by atoms with Crippen molar-refractivity contribution in [2.24, 2.45) is 4.99 Å². The lowest BCUT2D eigenvalue weighted by molar-refractivity contribution is 0.396. The summed E-state index contributed by atoms with van der Waals surface area (Å²) in [5.41, 5.74) is 5.50. The molecule has 0 radical (unpaired) electrons. The molecular weight excluding hydrogens is 224 g/mol. The molecule has 3 rings (SSSR count). The normalized spacial score (nSPS) is 17.4. The van der Waals surface area contributed by atoms with Gasteiger partial charge < -0.3 is 4.74 Å². The summed E-state index contributed by atoms with van der Waals surface area (Å²) < 4.78 is 5.28. The van der Waals surface area contributed by atoms with Gasteiger partial charge in [-0.25, -0.2) is 4.98 Å². The molecule has 1 aliphatic carbocycles. The molecule has 3 heteroatoms. The SMILES string of the molecule is COc1ncccc1C1=CC2=CC(C)=CCC2=N1. The number of ether oxygens (including phenoxy) is 1. The first-order chi connectivity index (χ1) is 8.78. The van der Waals surface area contributed by atoms with Crippen LogP contribution < -0.4 is 4.74 Å². The van der Waals surface area contributed by atoms with E-state index in [-0.39, 0.29) is 0 Å². The lowest BCUT2D eigenvalue weighted by Gasteiger charge is -2.06. The van der Waals surface area contributed by atoms with E-state index < -0.39 is 0 Å². The number of nitrogens with zero attached hydrogens (tertiary/aromatic N) is 2. The Morgan fingerprint density at radius 2 is 2.17 bits per heavy atom. The van der Waals surface area contributed by atoms with Crippen molar-refractivity contribution in [1.82, 2.24) is 4.98 Å². The number of hydrogen-bond donors (Lipinski definition) is 0. The highest BCUT2D eigenvalue weighted by atomic mass is 16.5. The highest BCUT2D eigenvalue weighted by molar-refractivity contribution is 6.12. The van der Waals surface area contributed by atoms with Gasteiger partial charge in [0.25, 0.3) is 0 Å². The number of methoxy groups -OCH3 is 1. The Balaban J connectivity index is 2.04. The van der Waals surface area contributed by atoms with E-state index in [1.165, 1.54) is 11.1 Å². The molecule has 1 aromatic rings. The number of hydrogen-bond acceptors (Lipinski definition) is 3. The summed E-state index contributed by atoms with van der Waals surface area (Å²) in [6, 6.07) is 3.89. The summed E-state index contributed by atoms with van der Waals surface area (Å²) in [7, 11) is 1.63. The average Bonchev–Trinajstić information content (AvgIpc) is 2.81. The lowest BCUT2D eigenvalue weighted by atomic mass is 9.99. The molecule has 0 aromatic carbocycles. The van der Waals surface area contributed by atoms with Crippen molar-refractivity contribution in [2.75, 3.05) is 7.11 Å². The molecule has 3 nitrogen and oxygen atoms in total. The Kier molecular flexibility index (Phi) is 2.59. The van der Waals surface area contributed by atoms with Gasteiger partial charge in [-0.05, 0) is 30.7 Å². The van der Waals surface area contributed by atoms with Gasteiger partial charge >= 0.3 is 0 Å². The van der Waals surface area contributed by atoms with Crippen LogP contribution in [0.5, 0.6) is 5.88 Å². The monoisotopic (exact) mass is 238 g/mol. The third-order valence-electron chi connectivity index (χ3n) is 3.12. The quantitative estimate of drug-likeness (QED) is 0.793. The van der Waals surface area contributed by atoms with E-state index in [4.69, 9.17) is 4.74 Å². The maximum absolute atomic E-state index is 5.28. The second-order valence-electron chi connectivity index (χ2n) is 4.40. The fraction of sp³-hybridized carbons (Fsp3) is 0.200. The number of aromatic nitrogens is 1. The molecule has 0 spiro atoms. The van der Waals surface area contributed by atoms with Gasteiger partial charge in [0.15, 0.2) is 0 Å². The largest absolute Gasteiger partial charge is 0.481 e. The van der Waals surface area contributed by atoms with Gasteiger partial charge in [0.05, 0.1) is 24.1 Å². The molecule has 90 valence electrons. The minimum absolute atomic E-state index is 0.622. The summed E-state index contributed by atoms with van der Waals surface area (Å²) in [6.07, 6.45) is 9.09. The minimum atomic E-state index is 0.622. The molecule has 0 bridgehead atoms. The van der Waals surface area contributed by atoms with Crippen LogP contribution in [-0.2, 0) is 0 Å². The zero-order valence-electron chi connectivity index (χ0n) is 10.5. The molecule has 0 amide bonds. The molecule has 2 heterocycles. The Morgan fingerprint density at radius 3 is 3.00 bits per heavy atom. The second kappa shape index (κ2) is 4.26. The van der Waals surface area contributed by atoms with Crippen LogP contribution in [-0.4, -0.2) is 17.8 Å². The van der Waals surface area contributed by atoms with Crippen molar-refractivity contribution >= 4 is 11.4 Å². The Morgan fingerprint density at radius 1 is 1.28 bits per heavy atom. The van der Waals surface area contributed by atoms with E-state index in [1.54, 1.807) is 13.3 Å². The molecule has 1 aliphatic heterocycles. The van der Waals surface area contributed by atoms with Crippen LogP contribution in [0.1, 0.15) is 18.9 Å². The highest BCUT2D eigenvalue weighted by Crippen LogP contribution is 2.33. The van der Waals surface area contributed by atoms with Crippen molar-refractivity contribution in [3.63, 3.8) is 0 Å². The topological polar surface area (TPSA) is 34.5 Å². The second-order valence-corrected chi connectivity index (χ2v) is 4.40. The first-order valence-electron chi connectivity index (χ1n) is 5.95. The zero-order chi connectivity index (χ0) is 12.5. The number of rotatable bonds is 2. The molecule has 2 aliphatic rings. The first kappa shape index (κ1) is 11.0. The summed E-state index contributed by atoms with van der Waals surface area (Å²) >= 11 is 0. The van der Waals surface area contributed by atoms with Crippen LogP contribution in [0.3, 0.4) is 0 Å². The van der Waals surface area contributed by atoms with Gasteiger partial charge in [0, 0.05) is 12.6 Å². The van der Waals surface area contributed by atoms with Crippen LogP contribution in [0.15, 0.2) is 52.7 Å². The molecule has 0 atom stereocenters. The number of fused-ring (bicyclic) bond motifs is 1. The van der Waals surface area contributed by atoms with Gasteiger partial charge in [0.2, 0.25) is 5.88 Å². The summed E-state index contributed by atoms with van der Waals surface area (Å²) in [6.45, 7) is 2.11. The van der Waals surface area contributed by atoms with Crippen molar-refractivity contribution in [2.45, 2.75) is 13.3 Å². The molecule has 0 fully saturated rings. The fourth-order valence-electron chi connectivity index (χ4n) is 2.21. The number of allylic oxidation sites excluding steroid dienone is 5. The average molecular weight is 238 g/mol. The van der Waals surface area contributed by atoms with Crippen LogP contribution in [0.25, 0.3) is 5.70 Å². The van der Waals surface area contributed by atoms with E-state index in [1.807, 2.05) is 12.1 Å². The Hall–Kier alpha value is -2.16. The molecule has 0 saturated heterocycles. The maximum atomic E-state index is 5.28. The van der Waals surface area contributed by atoms with E-state index in [9.17, 15) is 0 Å². The smallest absolute Gasteiger partial charge is 0.222 e. The fourth-order valence-corrected chi connectivity index (χ4v) is 2.21. The van der Waals surface area contributed by atoms with Crippen LogP contribution in [0.4, 0.5) is 0 Å². The van der Waals surface area contributed by atoms with Crippen LogP contribution >= 0.6 is 0 Å². The van der Waals surface area contributed by atoms with Crippen molar-refractivity contribution in [1.29, 1.82) is 0 Å². The third kappa shape index (κ3) is 1.78. The van der Waals surface area contributed by atoms with Crippen molar-refractivity contribution < 1.29 is 4.74 Å². The summed E-state index contributed by atoms with van der Waals surface area (Å²) in [5, 5.41) is 0. The van der Waals surface area contributed by atoms with E-state index in [2.05, 4.69) is 35.1 Å². The zero-order valence-corrected chi connectivity index (χ0v) is 10.5. The predicted octanol–water partition coefficient (Wildman–Crippen LogP) is 3.16. The van der Waals surface area contributed by atoms with E-state index in [0.717, 1.165) is 23.4 Å². The van der Waals surface area contributed by atoms with Crippen LogP contribution in [0, 0.1) is 0 Å². The van der Waals surface area contributed by atoms with E-state index >= 15 is 0 Å². The van der Waals surface area contributed by atoms with Crippen molar-refractivity contribution in [3.05, 3.63) is 53.3 Å². The molecule has 0 N–H and O–H groups in total. The van der Waals surface area contributed by atoms with Gasteiger partial charge in [-0.3, -0.25) is 4.99 Å². The molecule has 0 saturated carbocycles. The third-order valence-corrected chi connectivity index (χ3v) is 3.12. The van der Waals surface area contributed by atoms with Gasteiger partial charge in [-0.1, -0.05) is 17.7 Å². The minimum Gasteiger partial charge on any atom is -0.481 e. The van der Waals surface area contributed by atoms with Gasteiger partial charge in [0.1, 0.15) is 0 Å². The standard InChI is InChI=1S/C15H14N2O/c1-10-5-6-13-11(8-10)9-14(17-13)12-4-3-7-16-15(12)18-2/h3-5,7-9H,6H2,1-2H3. The maximum Gasteiger partial charge on any atom is 0.222 e. The lowest BCUT2D eigenvalue weighted by Crippen LogP contribution is -2.00. The van der Waals surface area contributed by atoms with E-state index in [0.29, 0.717) is 5.88 Å². The molecule has 0 unspecified atom stereocenters. The summed E-state index contributed by atoms with van der Waals surface area (Å²) in [4.78, 5) is 8.88. The predicted molar refractivity (Wildman–Crippen MR) is 72.7 cm³/mol. The van der Waals surface area contributed by atoms with Gasteiger partial charge in [-0.2, -0.15) is 0 Å². The summed E-state index contributed by atoms with van der Waals surface area (Å²) in [5.74, 6) is 0.622. The Labute approximate surface area is 106 Å². The van der Waals surface area contributed by atoms with Gasteiger partial charge in [-0.15, -0.1) is 0 Å². The van der Waals surface area contributed by atoms with Crippen LogP contribution in [0.2, 0.25) is 0 Å². The molecule has 1 aromatic heterocycles. The highest BCUT2D eigenvalue weighted by Gasteiger charge is 2.19. The molecule has 18 heavy (non-hydrogen) atoms.